The first-order valence-electron chi connectivity index (χ1n) is 9.27. The first-order valence-corrected chi connectivity index (χ1v) is 9.27. The van der Waals surface area contributed by atoms with Gasteiger partial charge in [0.1, 0.15) is 5.69 Å². The first kappa shape index (κ1) is 19.5. The Morgan fingerprint density at radius 3 is 2.39 bits per heavy atom. The summed E-state index contributed by atoms with van der Waals surface area (Å²) in [6.45, 7) is 3.02. The number of hydrogen-bond donors (Lipinski definition) is 2. The van der Waals surface area contributed by atoms with E-state index in [1.165, 1.54) is 12.1 Å². The molecule has 2 N–H and O–H groups in total. The maximum absolute atomic E-state index is 12.6. The average molecular weight is 381 g/mol. The zero-order chi connectivity index (χ0) is 20.1. The molecule has 1 aliphatic rings. The number of piperidine rings is 1. The molecule has 0 aliphatic carbocycles. The summed E-state index contributed by atoms with van der Waals surface area (Å²) >= 11 is 0. The normalized spacial score (nSPS) is 14.5. The second kappa shape index (κ2) is 8.65. The van der Waals surface area contributed by atoms with Gasteiger partial charge in [0, 0.05) is 25.6 Å². The van der Waals surface area contributed by atoms with Crippen LogP contribution in [0.15, 0.2) is 42.5 Å². The number of carbonyl (C=O) groups is 3. The molecule has 1 aromatic carbocycles. The van der Waals surface area contributed by atoms with Crippen molar-refractivity contribution < 1.29 is 19.5 Å². The third kappa shape index (κ3) is 4.54. The molecule has 0 saturated carbocycles. The number of carboxylic acid groups (broad SMARTS) is 1. The number of benzene rings is 1. The second-order valence-corrected chi connectivity index (χ2v) is 6.90. The summed E-state index contributed by atoms with van der Waals surface area (Å²) < 4.78 is 0. The molecule has 0 radical (unpaired) electrons. The van der Waals surface area contributed by atoms with Crippen LogP contribution in [0.3, 0.4) is 0 Å². The fourth-order valence-corrected chi connectivity index (χ4v) is 3.34. The predicted molar refractivity (Wildman–Crippen MR) is 103 cm³/mol. The van der Waals surface area contributed by atoms with Crippen LogP contribution in [0, 0.1) is 12.8 Å². The molecule has 3 rings (SSSR count). The van der Waals surface area contributed by atoms with Crippen LogP contribution in [0.5, 0.6) is 0 Å². The van der Waals surface area contributed by atoms with Crippen LogP contribution < -0.4 is 5.32 Å². The van der Waals surface area contributed by atoms with Crippen molar-refractivity contribution in [1.82, 2.24) is 15.2 Å². The second-order valence-electron chi connectivity index (χ2n) is 6.90. The molecule has 28 heavy (non-hydrogen) atoms. The van der Waals surface area contributed by atoms with E-state index in [1.54, 1.807) is 11.8 Å². The summed E-state index contributed by atoms with van der Waals surface area (Å²) in [6, 6.07) is 12.6. The number of nitrogens with one attached hydrogen (secondary N) is 1. The van der Waals surface area contributed by atoms with Crippen LogP contribution in [-0.2, 0) is 11.3 Å². The summed E-state index contributed by atoms with van der Waals surface area (Å²) in [5.74, 6) is -1.40. The zero-order valence-electron chi connectivity index (χ0n) is 15.7. The van der Waals surface area contributed by atoms with E-state index in [2.05, 4.69) is 10.3 Å². The third-order valence-corrected chi connectivity index (χ3v) is 5.00. The minimum Gasteiger partial charge on any atom is -0.478 e. The lowest BCUT2D eigenvalue weighted by molar-refractivity contribution is -0.126. The lowest BCUT2D eigenvalue weighted by Crippen LogP contribution is -2.43. The number of aromatic carboxylic acids is 1. The quantitative estimate of drug-likeness (QED) is 0.828. The molecule has 7 heteroatoms. The molecule has 2 aromatic rings. The number of carbonyl (C=O) groups excluding carboxylic acids is 2. The maximum Gasteiger partial charge on any atom is 0.337 e. The molecule has 0 atom stereocenters. The van der Waals surface area contributed by atoms with Gasteiger partial charge in [0.2, 0.25) is 5.91 Å². The van der Waals surface area contributed by atoms with Gasteiger partial charge in [-0.15, -0.1) is 0 Å². The van der Waals surface area contributed by atoms with Gasteiger partial charge in [0.05, 0.1) is 11.3 Å². The summed E-state index contributed by atoms with van der Waals surface area (Å²) in [5.41, 5.74) is 1.68. The van der Waals surface area contributed by atoms with E-state index >= 15 is 0 Å². The topological polar surface area (TPSA) is 99.6 Å². The van der Waals surface area contributed by atoms with Crippen molar-refractivity contribution in [3.63, 3.8) is 0 Å². The molecule has 0 spiro atoms. The third-order valence-electron chi connectivity index (χ3n) is 5.00. The number of amides is 2. The van der Waals surface area contributed by atoms with Crippen molar-refractivity contribution in [2.24, 2.45) is 5.92 Å². The summed E-state index contributed by atoms with van der Waals surface area (Å²) in [5, 5.41) is 12.0. The highest BCUT2D eigenvalue weighted by atomic mass is 16.4. The van der Waals surface area contributed by atoms with E-state index in [1.807, 2.05) is 30.3 Å². The minimum atomic E-state index is -1.06. The Balaban J connectivity index is 1.53. The van der Waals surface area contributed by atoms with E-state index in [0.717, 1.165) is 5.56 Å². The molecule has 0 unspecified atom stereocenters. The van der Waals surface area contributed by atoms with Gasteiger partial charge in [0.15, 0.2) is 0 Å². The van der Waals surface area contributed by atoms with Crippen molar-refractivity contribution in [3.05, 3.63) is 65.0 Å². The van der Waals surface area contributed by atoms with Gasteiger partial charge in [-0.2, -0.15) is 0 Å². The summed E-state index contributed by atoms with van der Waals surface area (Å²) in [6.07, 6.45) is 1.19. The smallest absolute Gasteiger partial charge is 0.337 e. The van der Waals surface area contributed by atoms with Crippen molar-refractivity contribution in [2.45, 2.75) is 26.3 Å². The molecule has 0 bridgehead atoms. The highest BCUT2D eigenvalue weighted by Gasteiger charge is 2.28. The molecule has 7 nitrogen and oxygen atoms in total. The fourth-order valence-electron chi connectivity index (χ4n) is 3.34. The highest BCUT2D eigenvalue weighted by Crippen LogP contribution is 2.19. The molecule has 146 valence electrons. The van der Waals surface area contributed by atoms with Crippen molar-refractivity contribution in [1.29, 1.82) is 0 Å². The van der Waals surface area contributed by atoms with Gasteiger partial charge in [-0.3, -0.25) is 9.59 Å². The number of nitrogens with zero attached hydrogens (tertiary/aromatic N) is 2. The van der Waals surface area contributed by atoms with E-state index in [0.29, 0.717) is 38.2 Å². The average Bonchev–Trinajstić information content (AvgIpc) is 2.72. The molecular formula is C21H23N3O4. The van der Waals surface area contributed by atoms with Crippen molar-refractivity contribution in [3.8, 4) is 0 Å². The van der Waals surface area contributed by atoms with E-state index in [-0.39, 0.29) is 29.0 Å². The molecule has 1 saturated heterocycles. The van der Waals surface area contributed by atoms with E-state index < -0.39 is 5.97 Å². The predicted octanol–water partition coefficient (Wildman–Crippen LogP) is 2.26. The fraction of sp³-hybridized carbons (Fsp3) is 0.333. The van der Waals surface area contributed by atoms with Crippen LogP contribution in [0.25, 0.3) is 0 Å². The van der Waals surface area contributed by atoms with Gasteiger partial charge < -0.3 is 15.3 Å². The SMILES string of the molecule is Cc1nc(C(=O)N2CCC(C(=O)NCc3ccccc3)CC2)ccc1C(=O)O. The number of hydrogen-bond acceptors (Lipinski definition) is 4. The zero-order valence-corrected chi connectivity index (χ0v) is 15.7. The van der Waals surface area contributed by atoms with Crippen LogP contribution in [-0.4, -0.2) is 45.9 Å². The lowest BCUT2D eigenvalue weighted by atomic mass is 9.95. The molecule has 1 aromatic heterocycles. The first-order chi connectivity index (χ1) is 13.5. The Labute approximate surface area is 163 Å². The Morgan fingerprint density at radius 1 is 1.11 bits per heavy atom. The number of aryl methyl sites for hydroxylation is 1. The van der Waals surface area contributed by atoms with Gasteiger partial charge in [0.25, 0.3) is 5.91 Å². The Bertz CT molecular complexity index is 874. The van der Waals surface area contributed by atoms with Crippen LogP contribution in [0.1, 0.15) is 44.9 Å². The Kier molecular flexibility index (Phi) is 6.03. The largest absolute Gasteiger partial charge is 0.478 e. The lowest BCUT2D eigenvalue weighted by Gasteiger charge is -2.31. The number of pyridine rings is 1. The summed E-state index contributed by atoms with van der Waals surface area (Å²) in [7, 11) is 0. The van der Waals surface area contributed by atoms with Gasteiger partial charge >= 0.3 is 5.97 Å². The van der Waals surface area contributed by atoms with Crippen LogP contribution in [0.4, 0.5) is 0 Å². The van der Waals surface area contributed by atoms with E-state index in [9.17, 15) is 14.4 Å². The standard InChI is InChI=1S/C21H23N3O4/c1-14-17(21(27)28)7-8-18(23-14)20(26)24-11-9-16(10-12-24)19(25)22-13-15-5-3-2-4-6-15/h2-8,16H,9-13H2,1H3,(H,22,25)(H,27,28). The maximum atomic E-state index is 12.6. The van der Waals surface area contributed by atoms with Gasteiger partial charge in [-0.1, -0.05) is 30.3 Å². The number of aromatic nitrogens is 1. The number of likely N-dealkylation sites (tertiary alicyclic amines) is 1. The molecule has 1 fully saturated rings. The minimum absolute atomic E-state index is 0.00994. The van der Waals surface area contributed by atoms with E-state index in [4.69, 9.17) is 5.11 Å². The Hall–Kier alpha value is -3.22. The van der Waals surface area contributed by atoms with Gasteiger partial charge in [-0.25, -0.2) is 9.78 Å². The van der Waals surface area contributed by atoms with Crippen molar-refractivity contribution in [2.75, 3.05) is 13.1 Å². The summed E-state index contributed by atoms with van der Waals surface area (Å²) in [4.78, 5) is 41.9. The Morgan fingerprint density at radius 2 is 1.79 bits per heavy atom. The molecular weight excluding hydrogens is 358 g/mol. The van der Waals surface area contributed by atoms with Crippen LogP contribution >= 0.6 is 0 Å². The number of rotatable bonds is 5. The highest BCUT2D eigenvalue weighted by molar-refractivity contribution is 5.94. The van der Waals surface area contributed by atoms with Gasteiger partial charge in [-0.05, 0) is 37.5 Å². The molecule has 1 aliphatic heterocycles. The number of carboxylic acids is 1. The molecule has 2 heterocycles. The molecule has 2 amide bonds. The van der Waals surface area contributed by atoms with Crippen molar-refractivity contribution >= 4 is 17.8 Å². The monoisotopic (exact) mass is 381 g/mol. The van der Waals surface area contributed by atoms with Crippen LogP contribution in [0.2, 0.25) is 0 Å².